The summed E-state index contributed by atoms with van der Waals surface area (Å²) < 4.78 is 1.66. The molecule has 0 bridgehead atoms. The zero-order valence-corrected chi connectivity index (χ0v) is 9.39. The third-order valence-electron chi connectivity index (χ3n) is 2.47. The Labute approximate surface area is 100 Å². The van der Waals surface area contributed by atoms with Crippen molar-refractivity contribution in [3.63, 3.8) is 0 Å². The van der Waals surface area contributed by atoms with Gasteiger partial charge in [0.15, 0.2) is 0 Å². The first-order chi connectivity index (χ1) is 8.25. The predicted octanol–water partition coefficient (Wildman–Crippen LogP) is 1.32. The molecule has 0 radical (unpaired) electrons. The molecule has 1 aliphatic heterocycles. The van der Waals surface area contributed by atoms with E-state index in [-0.39, 0.29) is 11.7 Å². The zero-order chi connectivity index (χ0) is 11.8. The van der Waals surface area contributed by atoms with Crippen molar-refractivity contribution in [3.8, 4) is 0 Å². The molecule has 7 heteroatoms. The highest BCUT2D eigenvalue weighted by Gasteiger charge is 2.25. The Bertz CT molecular complexity index is 587. The van der Waals surface area contributed by atoms with E-state index in [0.29, 0.717) is 5.95 Å². The molecule has 0 saturated heterocycles. The Morgan fingerprint density at radius 2 is 2.47 bits per heavy atom. The first-order valence-corrected chi connectivity index (χ1v) is 5.79. The molecule has 1 atom stereocenters. The number of carboxylic acids is 1. The molecule has 17 heavy (non-hydrogen) atoms. The lowest BCUT2D eigenvalue weighted by Gasteiger charge is -2.21. The van der Waals surface area contributed by atoms with Crippen LogP contribution < -0.4 is 5.32 Å². The summed E-state index contributed by atoms with van der Waals surface area (Å²) >= 11 is 1.56. The molecule has 0 saturated carbocycles. The number of rotatable bonds is 2. The van der Waals surface area contributed by atoms with Crippen LogP contribution >= 0.6 is 11.3 Å². The minimum atomic E-state index is -0.999. The lowest BCUT2D eigenvalue weighted by molar-refractivity contribution is -0.132. The van der Waals surface area contributed by atoms with Gasteiger partial charge in [0.25, 0.3) is 0 Å². The van der Waals surface area contributed by atoms with Crippen molar-refractivity contribution >= 4 is 23.3 Å². The minimum absolute atomic E-state index is 0.129. The summed E-state index contributed by atoms with van der Waals surface area (Å²) in [7, 11) is 0. The van der Waals surface area contributed by atoms with Crippen molar-refractivity contribution in [2.45, 2.75) is 6.04 Å². The fourth-order valence-corrected chi connectivity index (χ4v) is 2.50. The van der Waals surface area contributed by atoms with Gasteiger partial charge in [-0.3, -0.25) is 0 Å². The number of allylic oxidation sites excluding steroid dienone is 1. The fourth-order valence-electron chi connectivity index (χ4n) is 1.72. The van der Waals surface area contributed by atoms with Crippen molar-refractivity contribution in [1.29, 1.82) is 0 Å². The molecule has 6 nitrogen and oxygen atoms in total. The standard InChI is InChI=1S/C10H8N4O2S/c15-9(16)6-4-7(8-2-1-3-17-8)14-10(13-6)11-5-12-14/h1-5,7H,(H,15,16)(H,11,12,13). The fraction of sp³-hybridized carbons (Fsp3) is 0.100. The number of aromatic nitrogens is 3. The number of carboxylic acid groups (broad SMARTS) is 1. The lowest BCUT2D eigenvalue weighted by Crippen LogP contribution is -2.23. The van der Waals surface area contributed by atoms with E-state index in [1.54, 1.807) is 22.1 Å². The predicted molar refractivity (Wildman–Crippen MR) is 61.8 cm³/mol. The van der Waals surface area contributed by atoms with Crippen LogP contribution in [0.4, 0.5) is 5.95 Å². The summed E-state index contributed by atoms with van der Waals surface area (Å²) in [4.78, 5) is 16.0. The summed E-state index contributed by atoms with van der Waals surface area (Å²) in [5.41, 5.74) is 0.129. The largest absolute Gasteiger partial charge is 0.477 e. The molecule has 0 aliphatic carbocycles. The van der Waals surface area contributed by atoms with Gasteiger partial charge in [0.2, 0.25) is 5.95 Å². The Balaban J connectivity index is 2.10. The summed E-state index contributed by atoms with van der Waals surface area (Å²) in [6.07, 6.45) is 3.04. The van der Waals surface area contributed by atoms with Crippen LogP contribution in [0.3, 0.4) is 0 Å². The van der Waals surface area contributed by atoms with Gasteiger partial charge < -0.3 is 10.4 Å². The van der Waals surface area contributed by atoms with Gasteiger partial charge in [-0.15, -0.1) is 11.3 Å². The number of hydrogen-bond acceptors (Lipinski definition) is 5. The molecule has 0 fully saturated rings. The molecule has 2 aromatic rings. The zero-order valence-electron chi connectivity index (χ0n) is 8.57. The SMILES string of the molecule is O=C(O)C1=CC(c2cccs2)n2ncnc2N1. The van der Waals surface area contributed by atoms with Gasteiger partial charge in [-0.1, -0.05) is 6.07 Å². The molecule has 1 unspecified atom stereocenters. The van der Waals surface area contributed by atoms with Crippen molar-refractivity contribution in [1.82, 2.24) is 14.8 Å². The lowest BCUT2D eigenvalue weighted by atomic mass is 10.2. The van der Waals surface area contributed by atoms with E-state index in [1.165, 1.54) is 6.33 Å². The molecular formula is C10H8N4O2S. The molecular weight excluding hydrogens is 240 g/mol. The first kappa shape index (κ1) is 10.0. The average molecular weight is 248 g/mol. The minimum Gasteiger partial charge on any atom is -0.477 e. The van der Waals surface area contributed by atoms with Crippen LogP contribution in [0.5, 0.6) is 0 Å². The van der Waals surface area contributed by atoms with Gasteiger partial charge in [-0.2, -0.15) is 10.1 Å². The van der Waals surface area contributed by atoms with Crippen LogP contribution in [0.15, 0.2) is 35.6 Å². The van der Waals surface area contributed by atoms with Crippen LogP contribution in [0.25, 0.3) is 0 Å². The smallest absolute Gasteiger partial charge is 0.352 e. The van der Waals surface area contributed by atoms with Crippen molar-refractivity contribution in [3.05, 3.63) is 40.5 Å². The van der Waals surface area contributed by atoms with Crippen LogP contribution in [0.2, 0.25) is 0 Å². The normalized spacial score (nSPS) is 18.1. The van der Waals surface area contributed by atoms with E-state index < -0.39 is 5.97 Å². The molecule has 2 N–H and O–H groups in total. The number of fused-ring (bicyclic) bond motifs is 1. The summed E-state index contributed by atoms with van der Waals surface area (Å²) in [6.45, 7) is 0. The molecule has 3 heterocycles. The number of nitrogens with zero attached hydrogens (tertiary/aromatic N) is 3. The van der Waals surface area contributed by atoms with Gasteiger partial charge in [-0.05, 0) is 17.5 Å². The summed E-state index contributed by atoms with van der Waals surface area (Å²) in [5, 5.41) is 17.8. The van der Waals surface area contributed by atoms with Crippen LogP contribution in [-0.2, 0) is 4.79 Å². The second kappa shape index (κ2) is 3.70. The van der Waals surface area contributed by atoms with E-state index in [0.717, 1.165) is 4.88 Å². The van der Waals surface area contributed by atoms with Crippen molar-refractivity contribution < 1.29 is 9.90 Å². The van der Waals surface area contributed by atoms with Crippen LogP contribution in [-0.4, -0.2) is 25.8 Å². The molecule has 2 aromatic heterocycles. The van der Waals surface area contributed by atoms with E-state index in [9.17, 15) is 4.79 Å². The number of thiophene rings is 1. The van der Waals surface area contributed by atoms with Gasteiger partial charge in [0, 0.05) is 4.88 Å². The topological polar surface area (TPSA) is 80.0 Å². The van der Waals surface area contributed by atoms with Gasteiger partial charge >= 0.3 is 5.97 Å². The maximum absolute atomic E-state index is 11.0. The van der Waals surface area contributed by atoms with Gasteiger partial charge in [-0.25, -0.2) is 9.48 Å². The Morgan fingerprint density at radius 3 is 3.18 bits per heavy atom. The molecule has 0 spiro atoms. The quantitative estimate of drug-likeness (QED) is 0.838. The molecule has 1 aliphatic rings. The second-order valence-corrected chi connectivity index (χ2v) is 4.48. The maximum Gasteiger partial charge on any atom is 0.352 e. The molecule has 0 aromatic carbocycles. The highest BCUT2D eigenvalue weighted by atomic mass is 32.1. The number of carbonyl (C=O) groups is 1. The van der Waals surface area contributed by atoms with Gasteiger partial charge in [0.05, 0.1) is 0 Å². The number of hydrogen-bond donors (Lipinski definition) is 2. The van der Waals surface area contributed by atoms with E-state index in [1.807, 2.05) is 17.5 Å². The highest BCUT2D eigenvalue weighted by molar-refractivity contribution is 7.10. The monoisotopic (exact) mass is 248 g/mol. The first-order valence-electron chi connectivity index (χ1n) is 4.91. The van der Waals surface area contributed by atoms with Crippen LogP contribution in [0.1, 0.15) is 10.9 Å². The highest BCUT2D eigenvalue weighted by Crippen LogP contribution is 2.30. The van der Waals surface area contributed by atoms with Crippen molar-refractivity contribution in [2.24, 2.45) is 0 Å². The summed E-state index contributed by atoms with van der Waals surface area (Å²) in [5.74, 6) is -0.552. The second-order valence-electron chi connectivity index (χ2n) is 3.50. The molecule has 86 valence electrons. The van der Waals surface area contributed by atoms with Crippen LogP contribution in [0, 0.1) is 0 Å². The van der Waals surface area contributed by atoms with Crippen molar-refractivity contribution in [2.75, 3.05) is 5.32 Å². The molecule has 3 rings (SSSR count). The number of nitrogens with one attached hydrogen (secondary N) is 1. The van der Waals surface area contributed by atoms with Gasteiger partial charge in [0.1, 0.15) is 18.1 Å². The molecule has 0 amide bonds. The number of anilines is 1. The third kappa shape index (κ3) is 1.60. The van der Waals surface area contributed by atoms with E-state index in [2.05, 4.69) is 15.4 Å². The Morgan fingerprint density at radius 1 is 1.59 bits per heavy atom. The summed E-state index contributed by atoms with van der Waals surface area (Å²) in [6, 6.07) is 3.66. The van der Waals surface area contributed by atoms with E-state index >= 15 is 0 Å². The Kier molecular flexibility index (Phi) is 2.19. The average Bonchev–Trinajstić information content (AvgIpc) is 2.98. The maximum atomic E-state index is 11.0. The Hall–Kier alpha value is -2.15. The van der Waals surface area contributed by atoms with E-state index in [4.69, 9.17) is 5.11 Å². The number of aliphatic carboxylic acids is 1. The third-order valence-corrected chi connectivity index (χ3v) is 3.42.